The SMILES string of the molecule is COc1cc2ncnc(Nc3ccc(F)c(Cl)c3)c2cc1NCc1ccc2c(c1F)CN(C1CCC(=O)NC1=O)C2=O. The maximum absolute atomic E-state index is 15.7. The molecule has 1 atom stereocenters. The number of nitrogens with zero attached hydrogens (tertiary/aromatic N) is 3. The summed E-state index contributed by atoms with van der Waals surface area (Å²) in [6.07, 6.45) is 1.68. The second-order valence-electron chi connectivity index (χ2n) is 9.86. The summed E-state index contributed by atoms with van der Waals surface area (Å²) < 4.78 is 34.8. The minimum absolute atomic E-state index is 0.0410. The Morgan fingerprint density at radius 3 is 2.71 bits per heavy atom. The van der Waals surface area contributed by atoms with E-state index in [0.717, 1.165) is 0 Å². The normalized spacial score (nSPS) is 16.4. The van der Waals surface area contributed by atoms with Crippen LogP contribution in [0.25, 0.3) is 10.9 Å². The van der Waals surface area contributed by atoms with Crippen LogP contribution in [-0.2, 0) is 22.7 Å². The molecule has 1 unspecified atom stereocenters. The number of hydrogen-bond acceptors (Lipinski definition) is 8. The molecule has 42 heavy (non-hydrogen) atoms. The fourth-order valence-electron chi connectivity index (χ4n) is 5.18. The van der Waals surface area contributed by atoms with Gasteiger partial charge in [-0.05, 0) is 36.8 Å². The maximum Gasteiger partial charge on any atom is 0.255 e. The molecule has 0 aliphatic carbocycles. The van der Waals surface area contributed by atoms with Gasteiger partial charge in [-0.2, -0.15) is 0 Å². The molecule has 2 aliphatic rings. The average molecular weight is 593 g/mol. The van der Waals surface area contributed by atoms with Crippen molar-refractivity contribution in [3.63, 3.8) is 0 Å². The van der Waals surface area contributed by atoms with Crippen LogP contribution >= 0.6 is 11.6 Å². The highest BCUT2D eigenvalue weighted by atomic mass is 35.5. The van der Waals surface area contributed by atoms with Gasteiger partial charge in [0.15, 0.2) is 0 Å². The number of ether oxygens (including phenoxy) is 1. The number of carbonyl (C=O) groups is 3. The van der Waals surface area contributed by atoms with Crippen LogP contribution in [0.2, 0.25) is 5.02 Å². The van der Waals surface area contributed by atoms with Crippen LogP contribution in [0.5, 0.6) is 5.75 Å². The number of amides is 3. The zero-order valence-corrected chi connectivity index (χ0v) is 22.9. The summed E-state index contributed by atoms with van der Waals surface area (Å²) in [6, 6.07) is 9.91. The van der Waals surface area contributed by atoms with Gasteiger partial charge >= 0.3 is 0 Å². The van der Waals surface area contributed by atoms with Gasteiger partial charge in [-0.25, -0.2) is 18.7 Å². The summed E-state index contributed by atoms with van der Waals surface area (Å²) in [5.74, 6) is -1.60. The van der Waals surface area contributed by atoms with Crippen molar-refractivity contribution in [3.05, 3.63) is 82.1 Å². The van der Waals surface area contributed by atoms with E-state index in [2.05, 4.69) is 25.9 Å². The number of imide groups is 1. The van der Waals surface area contributed by atoms with E-state index in [1.807, 2.05) is 0 Å². The molecule has 0 saturated carbocycles. The third-order valence-electron chi connectivity index (χ3n) is 7.34. The predicted molar refractivity (Wildman–Crippen MR) is 151 cm³/mol. The van der Waals surface area contributed by atoms with Gasteiger partial charge in [-0.3, -0.25) is 19.7 Å². The molecular formula is C29H23ClF2N6O4. The molecule has 1 fully saturated rings. The van der Waals surface area contributed by atoms with Crippen LogP contribution in [-0.4, -0.2) is 45.7 Å². The summed E-state index contributed by atoms with van der Waals surface area (Å²) in [5, 5.41) is 9.12. The Morgan fingerprint density at radius 1 is 1.12 bits per heavy atom. The summed E-state index contributed by atoms with van der Waals surface area (Å²) in [5.41, 5.74) is 2.32. The highest BCUT2D eigenvalue weighted by Crippen LogP contribution is 2.35. The fourth-order valence-corrected chi connectivity index (χ4v) is 5.36. The van der Waals surface area contributed by atoms with E-state index in [0.29, 0.717) is 39.4 Å². The van der Waals surface area contributed by atoms with Crippen molar-refractivity contribution < 1.29 is 27.9 Å². The van der Waals surface area contributed by atoms with Crippen LogP contribution in [0.1, 0.15) is 34.3 Å². The van der Waals surface area contributed by atoms with Crippen LogP contribution in [0.3, 0.4) is 0 Å². The minimum atomic E-state index is -0.832. The van der Waals surface area contributed by atoms with Crippen molar-refractivity contribution in [1.29, 1.82) is 0 Å². The van der Waals surface area contributed by atoms with E-state index in [1.54, 1.807) is 18.2 Å². The van der Waals surface area contributed by atoms with Gasteiger partial charge in [-0.15, -0.1) is 0 Å². The Balaban J connectivity index is 1.25. The molecule has 13 heteroatoms. The van der Waals surface area contributed by atoms with Gasteiger partial charge in [0, 0.05) is 46.8 Å². The molecule has 4 aromatic rings. The van der Waals surface area contributed by atoms with Gasteiger partial charge < -0.3 is 20.3 Å². The van der Waals surface area contributed by atoms with Crippen molar-refractivity contribution in [3.8, 4) is 5.75 Å². The van der Waals surface area contributed by atoms with E-state index in [4.69, 9.17) is 16.3 Å². The molecule has 0 spiro atoms. The molecule has 10 nitrogen and oxygen atoms in total. The van der Waals surface area contributed by atoms with Crippen LogP contribution in [0.4, 0.5) is 26.0 Å². The first-order valence-electron chi connectivity index (χ1n) is 13.0. The first-order valence-corrected chi connectivity index (χ1v) is 13.3. The summed E-state index contributed by atoms with van der Waals surface area (Å²) in [7, 11) is 1.50. The van der Waals surface area contributed by atoms with Crippen molar-refractivity contribution in [1.82, 2.24) is 20.2 Å². The lowest BCUT2D eigenvalue weighted by Gasteiger charge is -2.29. The molecule has 2 aliphatic heterocycles. The largest absolute Gasteiger partial charge is 0.495 e. The van der Waals surface area contributed by atoms with Crippen LogP contribution in [0.15, 0.2) is 48.8 Å². The number of piperidine rings is 1. The minimum Gasteiger partial charge on any atom is -0.495 e. The van der Waals surface area contributed by atoms with Crippen LogP contribution in [0, 0.1) is 11.6 Å². The second-order valence-corrected chi connectivity index (χ2v) is 10.3. The second kappa shape index (κ2) is 10.9. The number of anilines is 3. The third-order valence-corrected chi connectivity index (χ3v) is 7.63. The number of hydrogen-bond donors (Lipinski definition) is 3. The van der Waals surface area contributed by atoms with Gasteiger partial charge in [0.25, 0.3) is 5.91 Å². The number of fused-ring (bicyclic) bond motifs is 2. The lowest BCUT2D eigenvalue weighted by Crippen LogP contribution is -2.52. The Hall–Kier alpha value is -4.84. The third kappa shape index (κ3) is 4.94. The van der Waals surface area contributed by atoms with Gasteiger partial charge in [0.2, 0.25) is 11.8 Å². The van der Waals surface area contributed by atoms with Gasteiger partial charge in [-0.1, -0.05) is 17.7 Å². The van der Waals surface area contributed by atoms with E-state index >= 15 is 4.39 Å². The van der Waals surface area contributed by atoms with Crippen molar-refractivity contribution >= 4 is 57.4 Å². The zero-order chi connectivity index (χ0) is 29.5. The van der Waals surface area contributed by atoms with Crippen LogP contribution < -0.4 is 20.7 Å². The maximum atomic E-state index is 15.7. The smallest absolute Gasteiger partial charge is 0.255 e. The summed E-state index contributed by atoms with van der Waals surface area (Å²) in [6.45, 7) is -0.0171. The quantitative estimate of drug-likeness (QED) is 0.264. The molecule has 3 N–H and O–H groups in total. The molecule has 3 heterocycles. The van der Waals surface area contributed by atoms with E-state index < -0.39 is 35.4 Å². The molecule has 3 amide bonds. The first kappa shape index (κ1) is 27.3. The average Bonchev–Trinajstić information content (AvgIpc) is 3.31. The number of nitrogens with one attached hydrogen (secondary N) is 3. The molecule has 0 bridgehead atoms. The summed E-state index contributed by atoms with van der Waals surface area (Å²) >= 11 is 5.92. The molecular weight excluding hydrogens is 570 g/mol. The lowest BCUT2D eigenvalue weighted by atomic mass is 10.0. The molecule has 1 saturated heterocycles. The molecule has 6 rings (SSSR count). The van der Waals surface area contributed by atoms with Gasteiger partial charge in [0.1, 0.15) is 35.6 Å². The molecule has 214 valence electrons. The monoisotopic (exact) mass is 592 g/mol. The number of carbonyl (C=O) groups excluding carboxylic acids is 3. The fraction of sp³-hybridized carbons (Fsp3) is 0.207. The Kier molecular flexibility index (Phi) is 7.07. The van der Waals surface area contributed by atoms with Crippen molar-refractivity contribution in [2.75, 3.05) is 17.7 Å². The number of rotatable bonds is 7. The standard InChI is InChI=1S/C29H23ClF2N6O4/c1-42-24-10-21-17(27(35-13-34-21)36-15-3-5-20(31)19(30)8-15)9-22(24)33-11-14-2-4-16-18(26(14)32)12-38(29(16)41)23-6-7-25(39)37-28(23)40/h2-5,8-10,13,23,33H,6-7,11-12H2,1H3,(H,34,35,36)(H,37,39,40). The highest BCUT2D eigenvalue weighted by molar-refractivity contribution is 6.31. The molecule has 1 aromatic heterocycles. The topological polar surface area (TPSA) is 126 Å². The highest BCUT2D eigenvalue weighted by Gasteiger charge is 2.40. The molecule has 3 aromatic carbocycles. The Bertz CT molecular complexity index is 1790. The Labute approximate surface area is 243 Å². The number of aromatic nitrogens is 2. The molecule has 0 radical (unpaired) electrons. The van der Waals surface area contributed by atoms with E-state index in [-0.39, 0.29) is 42.1 Å². The van der Waals surface area contributed by atoms with E-state index in [9.17, 15) is 18.8 Å². The first-order chi connectivity index (χ1) is 20.2. The Morgan fingerprint density at radius 2 is 1.95 bits per heavy atom. The van der Waals surface area contributed by atoms with Crippen molar-refractivity contribution in [2.45, 2.75) is 32.0 Å². The number of methoxy groups -OCH3 is 1. The van der Waals surface area contributed by atoms with Crippen molar-refractivity contribution in [2.24, 2.45) is 0 Å². The van der Waals surface area contributed by atoms with Gasteiger partial charge in [0.05, 0.1) is 29.9 Å². The van der Waals surface area contributed by atoms with E-state index in [1.165, 1.54) is 42.6 Å². The lowest BCUT2D eigenvalue weighted by molar-refractivity contribution is -0.136. The predicted octanol–water partition coefficient (Wildman–Crippen LogP) is 4.69. The number of halogens is 3. The summed E-state index contributed by atoms with van der Waals surface area (Å²) in [4.78, 5) is 46.8. The zero-order valence-electron chi connectivity index (χ0n) is 22.1. The number of benzene rings is 3.